The highest BCUT2D eigenvalue weighted by Crippen LogP contribution is 2.28. The van der Waals surface area contributed by atoms with Crippen LogP contribution in [-0.4, -0.2) is 47.3 Å². The summed E-state index contributed by atoms with van der Waals surface area (Å²) in [6.07, 6.45) is 5.97. The van der Waals surface area contributed by atoms with Crippen molar-refractivity contribution in [2.24, 2.45) is 10.9 Å². The average molecular weight is 299 g/mol. The number of rotatable bonds is 4. The van der Waals surface area contributed by atoms with Crippen molar-refractivity contribution in [2.45, 2.75) is 57.6 Å². The molecule has 1 aliphatic carbocycles. The molecule has 5 heteroatoms. The molecule has 1 saturated carbocycles. The molecule has 2 rings (SSSR count). The van der Waals surface area contributed by atoms with Crippen LogP contribution >= 0.6 is 11.8 Å². The normalized spacial score (nSPS) is 35.0. The predicted molar refractivity (Wildman–Crippen MR) is 87.4 cm³/mol. The van der Waals surface area contributed by atoms with Gasteiger partial charge in [0.15, 0.2) is 5.96 Å². The SMILES string of the molecule is CCNC(=NCC1(O)CCSC1)NC1CCCC(C)C1. The van der Waals surface area contributed by atoms with Crippen molar-refractivity contribution < 1.29 is 5.11 Å². The summed E-state index contributed by atoms with van der Waals surface area (Å²) in [6, 6.07) is 0.532. The van der Waals surface area contributed by atoms with E-state index in [1.165, 1.54) is 25.7 Å². The lowest BCUT2D eigenvalue weighted by Gasteiger charge is -2.29. The maximum Gasteiger partial charge on any atom is 0.191 e. The fraction of sp³-hybridized carbons (Fsp3) is 0.933. The fourth-order valence-electron chi connectivity index (χ4n) is 3.03. The van der Waals surface area contributed by atoms with E-state index in [9.17, 15) is 5.11 Å². The van der Waals surface area contributed by atoms with E-state index in [4.69, 9.17) is 0 Å². The van der Waals surface area contributed by atoms with Crippen LogP contribution in [0.5, 0.6) is 0 Å². The second-order valence-electron chi connectivity index (χ2n) is 6.34. The zero-order valence-electron chi connectivity index (χ0n) is 12.8. The zero-order valence-corrected chi connectivity index (χ0v) is 13.6. The van der Waals surface area contributed by atoms with Crippen LogP contribution in [0.25, 0.3) is 0 Å². The van der Waals surface area contributed by atoms with Crippen molar-refractivity contribution in [3.05, 3.63) is 0 Å². The van der Waals surface area contributed by atoms with Crippen molar-refractivity contribution in [3.8, 4) is 0 Å². The molecule has 2 fully saturated rings. The molecule has 2 aliphatic rings. The Kier molecular flexibility index (Phi) is 6.02. The van der Waals surface area contributed by atoms with E-state index >= 15 is 0 Å². The van der Waals surface area contributed by atoms with Gasteiger partial charge < -0.3 is 15.7 Å². The first kappa shape index (κ1) is 16.0. The van der Waals surface area contributed by atoms with Gasteiger partial charge in [0.2, 0.25) is 0 Å². The van der Waals surface area contributed by atoms with E-state index < -0.39 is 5.60 Å². The van der Waals surface area contributed by atoms with Crippen LogP contribution in [0.1, 0.15) is 46.0 Å². The summed E-state index contributed by atoms with van der Waals surface area (Å²) >= 11 is 1.82. The van der Waals surface area contributed by atoms with E-state index in [1.54, 1.807) is 0 Å². The van der Waals surface area contributed by atoms with E-state index in [-0.39, 0.29) is 0 Å². The van der Waals surface area contributed by atoms with E-state index in [0.717, 1.165) is 36.3 Å². The van der Waals surface area contributed by atoms with E-state index in [1.807, 2.05) is 11.8 Å². The third-order valence-electron chi connectivity index (χ3n) is 4.24. The first-order chi connectivity index (χ1) is 9.61. The first-order valence-electron chi connectivity index (χ1n) is 7.96. The molecule has 1 saturated heterocycles. The van der Waals surface area contributed by atoms with Gasteiger partial charge in [-0.2, -0.15) is 11.8 Å². The lowest BCUT2D eigenvalue weighted by Crippen LogP contribution is -2.46. The highest BCUT2D eigenvalue weighted by atomic mass is 32.2. The minimum Gasteiger partial charge on any atom is -0.387 e. The molecule has 20 heavy (non-hydrogen) atoms. The van der Waals surface area contributed by atoms with Crippen LogP contribution in [-0.2, 0) is 0 Å². The van der Waals surface area contributed by atoms with Gasteiger partial charge in [0, 0.05) is 18.3 Å². The Morgan fingerprint density at radius 3 is 2.95 bits per heavy atom. The Bertz CT molecular complexity index is 329. The molecule has 0 bridgehead atoms. The molecule has 0 aromatic heterocycles. The standard InChI is InChI=1S/C15H29N3OS/c1-3-16-14(17-10-15(19)7-8-20-11-15)18-13-6-4-5-12(2)9-13/h12-13,19H,3-11H2,1-2H3,(H2,16,17,18). The lowest BCUT2D eigenvalue weighted by atomic mass is 9.87. The number of hydrogen-bond acceptors (Lipinski definition) is 3. The molecule has 3 unspecified atom stereocenters. The largest absolute Gasteiger partial charge is 0.387 e. The fourth-order valence-corrected chi connectivity index (χ4v) is 4.31. The molecule has 1 heterocycles. The van der Waals surface area contributed by atoms with Crippen LogP contribution in [0.2, 0.25) is 0 Å². The molecular weight excluding hydrogens is 270 g/mol. The maximum absolute atomic E-state index is 10.4. The van der Waals surface area contributed by atoms with Crippen molar-refractivity contribution in [1.82, 2.24) is 10.6 Å². The van der Waals surface area contributed by atoms with Crippen molar-refractivity contribution in [3.63, 3.8) is 0 Å². The number of aliphatic hydroxyl groups is 1. The summed E-state index contributed by atoms with van der Waals surface area (Å²) in [7, 11) is 0. The number of thioether (sulfide) groups is 1. The molecule has 4 nitrogen and oxygen atoms in total. The van der Waals surface area contributed by atoms with Crippen molar-refractivity contribution >= 4 is 17.7 Å². The molecule has 3 N–H and O–H groups in total. The van der Waals surface area contributed by atoms with Gasteiger partial charge in [-0.15, -0.1) is 0 Å². The van der Waals surface area contributed by atoms with Crippen LogP contribution < -0.4 is 10.6 Å². The Hall–Kier alpha value is -0.420. The highest BCUT2D eigenvalue weighted by Gasteiger charge is 2.31. The number of nitrogens with one attached hydrogen (secondary N) is 2. The van der Waals surface area contributed by atoms with E-state index in [2.05, 4.69) is 29.5 Å². The second kappa shape index (κ2) is 7.55. The molecule has 0 aromatic rings. The van der Waals surface area contributed by atoms with Crippen molar-refractivity contribution in [1.29, 1.82) is 0 Å². The van der Waals surface area contributed by atoms with Crippen LogP contribution in [0.4, 0.5) is 0 Å². The van der Waals surface area contributed by atoms with Crippen LogP contribution in [0.15, 0.2) is 4.99 Å². The summed E-state index contributed by atoms with van der Waals surface area (Å²) in [5.41, 5.74) is -0.590. The van der Waals surface area contributed by atoms with Crippen molar-refractivity contribution in [2.75, 3.05) is 24.6 Å². The summed E-state index contributed by atoms with van der Waals surface area (Å²) in [5.74, 6) is 3.54. The second-order valence-corrected chi connectivity index (χ2v) is 7.44. The monoisotopic (exact) mass is 299 g/mol. The summed E-state index contributed by atoms with van der Waals surface area (Å²) in [5, 5.41) is 17.2. The average Bonchev–Trinajstić information content (AvgIpc) is 2.84. The zero-order chi connectivity index (χ0) is 14.4. The lowest BCUT2D eigenvalue weighted by molar-refractivity contribution is 0.0778. The van der Waals surface area contributed by atoms with Crippen LogP contribution in [0.3, 0.4) is 0 Å². The Morgan fingerprint density at radius 1 is 1.45 bits per heavy atom. The minimum absolute atomic E-state index is 0.512. The molecule has 0 spiro atoms. The Labute approximate surface area is 127 Å². The van der Waals surface area contributed by atoms with E-state index in [0.29, 0.717) is 12.6 Å². The van der Waals surface area contributed by atoms with Gasteiger partial charge >= 0.3 is 0 Å². The summed E-state index contributed by atoms with van der Waals surface area (Å²) < 4.78 is 0. The summed E-state index contributed by atoms with van der Waals surface area (Å²) in [4.78, 5) is 4.62. The Morgan fingerprint density at radius 2 is 2.30 bits per heavy atom. The quantitative estimate of drug-likeness (QED) is 0.549. The Balaban J connectivity index is 1.88. The number of nitrogens with zero attached hydrogens (tertiary/aromatic N) is 1. The van der Waals surface area contributed by atoms with Gasteiger partial charge in [-0.25, -0.2) is 0 Å². The van der Waals surface area contributed by atoms with Gasteiger partial charge in [-0.05, 0) is 37.9 Å². The molecule has 116 valence electrons. The van der Waals surface area contributed by atoms with Gasteiger partial charge in [0.1, 0.15) is 0 Å². The first-order valence-corrected chi connectivity index (χ1v) is 9.12. The van der Waals surface area contributed by atoms with Gasteiger partial charge in [-0.3, -0.25) is 4.99 Å². The van der Waals surface area contributed by atoms with Crippen LogP contribution in [0, 0.1) is 5.92 Å². The number of guanidine groups is 1. The topological polar surface area (TPSA) is 56.7 Å². The number of aliphatic imine (C=N–C) groups is 1. The predicted octanol–water partition coefficient (Wildman–Crippen LogP) is 1.99. The molecule has 3 atom stereocenters. The van der Waals surface area contributed by atoms with Gasteiger partial charge in [0.05, 0.1) is 12.1 Å². The molecule has 0 amide bonds. The molecular formula is C15H29N3OS. The van der Waals surface area contributed by atoms with Gasteiger partial charge in [0.25, 0.3) is 0 Å². The third-order valence-corrected chi connectivity index (χ3v) is 5.47. The maximum atomic E-state index is 10.4. The number of hydrogen-bond donors (Lipinski definition) is 3. The third kappa shape index (κ3) is 4.85. The molecule has 0 radical (unpaired) electrons. The smallest absolute Gasteiger partial charge is 0.191 e. The summed E-state index contributed by atoms with van der Waals surface area (Å²) in [6.45, 7) is 5.79. The molecule has 0 aromatic carbocycles. The van der Waals surface area contributed by atoms with Gasteiger partial charge in [-0.1, -0.05) is 19.8 Å². The molecule has 1 aliphatic heterocycles. The minimum atomic E-state index is -0.590. The highest BCUT2D eigenvalue weighted by molar-refractivity contribution is 7.99.